The largest absolute Gasteiger partial charge is 0.493 e. The van der Waals surface area contributed by atoms with E-state index in [1.807, 2.05) is 0 Å². The Morgan fingerprint density at radius 2 is 1.82 bits per heavy atom. The normalized spacial score (nSPS) is 11.5. The highest BCUT2D eigenvalue weighted by molar-refractivity contribution is 5.64. The summed E-state index contributed by atoms with van der Waals surface area (Å²) in [6.07, 6.45) is -4.48. The first-order valence-electron chi connectivity index (χ1n) is 6.34. The van der Waals surface area contributed by atoms with Gasteiger partial charge >= 0.3 is 6.18 Å². The molecule has 0 bridgehead atoms. The van der Waals surface area contributed by atoms with Gasteiger partial charge in [-0.15, -0.1) is 0 Å². The van der Waals surface area contributed by atoms with Gasteiger partial charge in [0.25, 0.3) is 0 Å². The van der Waals surface area contributed by atoms with Crippen LogP contribution in [-0.4, -0.2) is 22.9 Å². The standard InChI is InChI=1S/C15H13F4NO2/c1-8-3-4-12(20-14(8)21)10-6-13(9(2)5-11(10)16)22-7-15(17,18)19/h3-6H,7H2,1-2H3,(H,20,21). The number of hydrogen-bond donors (Lipinski definition) is 1. The van der Waals surface area contributed by atoms with Gasteiger partial charge in [-0.3, -0.25) is 0 Å². The van der Waals surface area contributed by atoms with Crippen LogP contribution in [0.1, 0.15) is 11.1 Å². The summed E-state index contributed by atoms with van der Waals surface area (Å²) in [5, 5.41) is 9.57. The van der Waals surface area contributed by atoms with Gasteiger partial charge in [-0.2, -0.15) is 13.2 Å². The predicted octanol–water partition coefficient (Wildman–Crippen LogP) is 4.15. The summed E-state index contributed by atoms with van der Waals surface area (Å²) in [6, 6.07) is 5.22. The van der Waals surface area contributed by atoms with Gasteiger partial charge in [0, 0.05) is 11.1 Å². The summed E-state index contributed by atoms with van der Waals surface area (Å²) in [4.78, 5) is 3.82. The second kappa shape index (κ2) is 5.82. The third kappa shape index (κ3) is 3.66. The van der Waals surface area contributed by atoms with E-state index in [0.29, 0.717) is 5.56 Å². The lowest BCUT2D eigenvalue weighted by molar-refractivity contribution is -0.153. The summed E-state index contributed by atoms with van der Waals surface area (Å²) < 4.78 is 55.4. The van der Waals surface area contributed by atoms with Crippen molar-refractivity contribution in [3.8, 4) is 22.9 Å². The Kier molecular flexibility index (Phi) is 4.25. The highest BCUT2D eigenvalue weighted by Gasteiger charge is 2.29. The van der Waals surface area contributed by atoms with Crippen LogP contribution >= 0.6 is 0 Å². The molecule has 7 heteroatoms. The topological polar surface area (TPSA) is 42.4 Å². The van der Waals surface area contributed by atoms with Crippen molar-refractivity contribution in [2.45, 2.75) is 20.0 Å². The number of hydrogen-bond acceptors (Lipinski definition) is 3. The summed E-state index contributed by atoms with van der Waals surface area (Å²) in [5.41, 5.74) is 0.808. The first-order valence-corrected chi connectivity index (χ1v) is 6.34. The quantitative estimate of drug-likeness (QED) is 0.865. The van der Waals surface area contributed by atoms with Gasteiger partial charge in [0.05, 0.1) is 5.69 Å². The zero-order chi connectivity index (χ0) is 16.5. The average Bonchev–Trinajstić information content (AvgIpc) is 2.40. The van der Waals surface area contributed by atoms with E-state index in [4.69, 9.17) is 4.74 Å². The van der Waals surface area contributed by atoms with Gasteiger partial charge in [0.1, 0.15) is 11.6 Å². The minimum Gasteiger partial charge on any atom is -0.493 e. The molecule has 0 unspecified atom stereocenters. The average molecular weight is 315 g/mol. The fourth-order valence-electron chi connectivity index (χ4n) is 1.83. The molecule has 1 N–H and O–H groups in total. The Labute approximate surface area is 124 Å². The molecule has 3 nitrogen and oxygen atoms in total. The number of alkyl halides is 3. The predicted molar refractivity (Wildman–Crippen MR) is 72.3 cm³/mol. The molecule has 0 radical (unpaired) electrons. The molecular formula is C15H13F4NO2. The third-order valence-corrected chi connectivity index (χ3v) is 3.00. The van der Waals surface area contributed by atoms with Crippen molar-refractivity contribution in [1.29, 1.82) is 0 Å². The van der Waals surface area contributed by atoms with Crippen molar-refractivity contribution in [3.05, 3.63) is 41.2 Å². The van der Waals surface area contributed by atoms with Crippen LogP contribution in [0.5, 0.6) is 11.6 Å². The molecule has 22 heavy (non-hydrogen) atoms. The lowest BCUT2D eigenvalue weighted by Gasteiger charge is -2.13. The minimum atomic E-state index is -4.48. The van der Waals surface area contributed by atoms with Crippen LogP contribution in [0, 0.1) is 19.7 Å². The maximum atomic E-state index is 14.0. The number of aryl methyl sites for hydroxylation is 2. The number of benzene rings is 1. The second-order valence-electron chi connectivity index (χ2n) is 4.84. The molecule has 0 amide bonds. The van der Waals surface area contributed by atoms with Crippen molar-refractivity contribution in [1.82, 2.24) is 4.98 Å². The van der Waals surface area contributed by atoms with Crippen molar-refractivity contribution >= 4 is 0 Å². The number of halogens is 4. The Balaban J connectivity index is 2.41. The van der Waals surface area contributed by atoms with E-state index in [0.717, 1.165) is 12.1 Å². The molecule has 1 aromatic heterocycles. The van der Waals surface area contributed by atoms with Crippen molar-refractivity contribution < 1.29 is 27.4 Å². The van der Waals surface area contributed by atoms with Gasteiger partial charge in [-0.25, -0.2) is 9.37 Å². The van der Waals surface area contributed by atoms with Gasteiger partial charge in [-0.05, 0) is 37.6 Å². The number of ether oxygens (including phenoxy) is 1. The molecule has 1 aromatic carbocycles. The minimum absolute atomic E-state index is 0.0434. The number of aromatic hydroxyl groups is 1. The maximum Gasteiger partial charge on any atom is 0.422 e. The maximum absolute atomic E-state index is 14.0. The van der Waals surface area contributed by atoms with Gasteiger partial charge in [0.15, 0.2) is 6.61 Å². The molecule has 0 aliphatic carbocycles. The monoisotopic (exact) mass is 315 g/mol. The van der Waals surface area contributed by atoms with Crippen LogP contribution in [0.2, 0.25) is 0 Å². The summed E-state index contributed by atoms with van der Waals surface area (Å²) in [6.45, 7) is 1.60. The molecule has 2 rings (SSSR count). The van der Waals surface area contributed by atoms with Crippen molar-refractivity contribution in [2.24, 2.45) is 0 Å². The first-order chi connectivity index (χ1) is 10.2. The SMILES string of the molecule is Cc1cc(F)c(-c2ccc(C)c(O)n2)cc1OCC(F)(F)F. The molecule has 118 valence electrons. The molecule has 0 spiro atoms. The van der Waals surface area contributed by atoms with E-state index < -0.39 is 18.6 Å². The molecule has 0 saturated carbocycles. The third-order valence-electron chi connectivity index (χ3n) is 3.00. The molecule has 0 aliphatic heterocycles. The molecular weight excluding hydrogens is 302 g/mol. The van der Waals surface area contributed by atoms with Crippen molar-refractivity contribution in [2.75, 3.05) is 6.61 Å². The van der Waals surface area contributed by atoms with Crippen molar-refractivity contribution in [3.63, 3.8) is 0 Å². The fourth-order valence-corrected chi connectivity index (χ4v) is 1.83. The van der Waals surface area contributed by atoms with E-state index in [9.17, 15) is 22.7 Å². The van der Waals surface area contributed by atoms with Crippen LogP contribution < -0.4 is 4.74 Å². The zero-order valence-corrected chi connectivity index (χ0v) is 11.8. The number of nitrogens with zero attached hydrogens (tertiary/aromatic N) is 1. The Hall–Kier alpha value is -2.31. The lowest BCUT2D eigenvalue weighted by Crippen LogP contribution is -2.19. The Morgan fingerprint density at radius 3 is 2.41 bits per heavy atom. The van der Waals surface area contributed by atoms with Gasteiger partial charge in [-0.1, -0.05) is 6.07 Å². The Bertz CT molecular complexity index is 699. The van der Waals surface area contributed by atoms with Crippen LogP contribution in [0.4, 0.5) is 17.6 Å². The van der Waals surface area contributed by atoms with Crippen LogP contribution in [0.25, 0.3) is 11.3 Å². The number of pyridine rings is 1. The van der Waals surface area contributed by atoms with E-state index in [2.05, 4.69) is 4.98 Å². The fraction of sp³-hybridized carbons (Fsp3) is 0.267. The summed E-state index contributed by atoms with van der Waals surface area (Å²) >= 11 is 0. The lowest BCUT2D eigenvalue weighted by atomic mass is 10.1. The molecule has 2 aromatic rings. The number of rotatable bonds is 3. The van der Waals surface area contributed by atoms with E-state index >= 15 is 0 Å². The van der Waals surface area contributed by atoms with Gasteiger partial charge in [0.2, 0.25) is 5.88 Å². The van der Waals surface area contributed by atoms with E-state index in [1.165, 1.54) is 19.1 Å². The smallest absolute Gasteiger partial charge is 0.422 e. The highest BCUT2D eigenvalue weighted by Crippen LogP contribution is 2.31. The molecule has 1 heterocycles. The summed E-state index contributed by atoms with van der Waals surface area (Å²) in [7, 11) is 0. The summed E-state index contributed by atoms with van der Waals surface area (Å²) in [5.74, 6) is -1.02. The molecule has 0 saturated heterocycles. The number of aromatic nitrogens is 1. The van der Waals surface area contributed by atoms with Gasteiger partial charge < -0.3 is 9.84 Å². The highest BCUT2D eigenvalue weighted by atomic mass is 19.4. The molecule has 0 atom stereocenters. The van der Waals surface area contributed by atoms with Crippen LogP contribution in [0.3, 0.4) is 0 Å². The molecule has 0 aliphatic rings. The molecule has 0 fully saturated rings. The van der Waals surface area contributed by atoms with E-state index in [-0.39, 0.29) is 28.5 Å². The zero-order valence-electron chi connectivity index (χ0n) is 11.8. The first kappa shape index (κ1) is 16.1. The van der Waals surface area contributed by atoms with Crippen LogP contribution in [-0.2, 0) is 0 Å². The Morgan fingerprint density at radius 1 is 1.14 bits per heavy atom. The van der Waals surface area contributed by atoms with E-state index in [1.54, 1.807) is 6.92 Å². The second-order valence-corrected chi connectivity index (χ2v) is 4.84. The van der Waals surface area contributed by atoms with Crippen LogP contribution in [0.15, 0.2) is 24.3 Å².